The van der Waals surface area contributed by atoms with Crippen molar-refractivity contribution in [1.29, 1.82) is 0 Å². The number of carbonyl (C=O) groups excluding carboxylic acids is 2. The topological polar surface area (TPSA) is 211 Å². The Balaban J connectivity index is -0.000000556. The first kappa shape index (κ1) is 41.8. The zero-order valence-electron chi connectivity index (χ0n) is 22.5. The second-order valence-electron chi connectivity index (χ2n) is 10.0. The molecule has 4 atom stereocenters. The molecule has 0 aromatic rings. The maximum absolute atomic E-state index is 11.7. The van der Waals surface area contributed by atoms with Crippen molar-refractivity contribution in [2.75, 3.05) is 13.1 Å². The van der Waals surface area contributed by atoms with E-state index in [0.29, 0.717) is 12.3 Å². The summed E-state index contributed by atoms with van der Waals surface area (Å²) in [6, 6.07) is -1.79. The quantitative estimate of drug-likeness (QED) is 0.230. The van der Waals surface area contributed by atoms with E-state index in [1.165, 1.54) is 32.1 Å². The summed E-state index contributed by atoms with van der Waals surface area (Å²) in [5.74, 6) is -4.17. The number of ketones is 1. The number of hydrogen-bond acceptors (Lipinski definition) is 5. The summed E-state index contributed by atoms with van der Waals surface area (Å²) >= 11 is 0. The molecule has 13 heteroatoms. The number of carboxylic acid groups (broad SMARTS) is 2. The average Bonchev–Trinajstić information content (AvgIpc) is 2.81. The fourth-order valence-electron chi connectivity index (χ4n) is 3.43. The summed E-state index contributed by atoms with van der Waals surface area (Å²) in [4.78, 5) is 44.0. The molecule has 1 amide bonds. The molecule has 1 radical (unpaired) electrons. The van der Waals surface area contributed by atoms with Gasteiger partial charge in [0.05, 0.1) is 6.04 Å². The van der Waals surface area contributed by atoms with E-state index in [1.54, 1.807) is 13.8 Å². The van der Waals surface area contributed by atoms with Crippen molar-refractivity contribution in [1.82, 2.24) is 5.73 Å². The van der Waals surface area contributed by atoms with Crippen LogP contribution in [-0.2, 0) is 61.3 Å². The second kappa shape index (κ2) is 22.0. The molecule has 38 heavy (non-hydrogen) atoms. The molecular weight excluding hydrogens is 856 g/mol. The smallest absolute Gasteiger partial charge is 0.299 e. The van der Waals surface area contributed by atoms with E-state index in [4.69, 9.17) is 27.4 Å². The van der Waals surface area contributed by atoms with Crippen molar-refractivity contribution < 1.29 is 71.5 Å². The minimum atomic E-state index is -2.14. The van der Waals surface area contributed by atoms with Crippen molar-refractivity contribution in [3.05, 3.63) is 23.3 Å². The Morgan fingerprint density at radius 1 is 1.00 bits per heavy atom. The predicted molar refractivity (Wildman–Crippen MR) is 138 cm³/mol. The van der Waals surface area contributed by atoms with Gasteiger partial charge < -0.3 is 48.8 Å². The van der Waals surface area contributed by atoms with Crippen LogP contribution in [0.2, 0.25) is 0 Å². The SMILES string of the molecule is CCC(C)(C)C(=O)C[N-]CC(=O)[N-]C(C(=O)O)C(=O)O.[CH2-][C@@H]1CCCC[C@H]1[NH-].[NH][C@@H]1CCCC[C@H]1N.[Pt].[Pt]. The Bertz CT molecular complexity index is 660. The zero-order valence-corrected chi connectivity index (χ0v) is 27.0. The van der Waals surface area contributed by atoms with Crippen LogP contribution in [0.4, 0.5) is 0 Å². The molecule has 0 bridgehead atoms. The Labute approximate surface area is 256 Å². The summed E-state index contributed by atoms with van der Waals surface area (Å²) in [7, 11) is 0. The molecule has 2 saturated carbocycles. The van der Waals surface area contributed by atoms with Crippen LogP contribution in [0.25, 0.3) is 16.4 Å². The van der Waals surface area contributed by atoms with Gasteiger partial charge in [0.2, 0.25) is 0 Å². The summed E-state index contributed by atoms with van der Waals surface area (Å²) in [5, 5.41) is 23.8. The third-order valence-electron chi connectivity index (χ3n) is 6.61. The molecule has 0 unspecified atom stereocenters. The first-order valence-corrected chi connectivity index (χ1v) is 12.6. The number of aliphatic carboxylic acids is 2. The number of carbonyl (C=O) groups is 4. The predicted octanol–water partition coefficient (Wildman–Crippen LogP) is 3.77. The van der Waals surface area contributed by atoms with Gasteiger partial charge in [0.25, 0.3) is 11.9 Å². The maximum atomic E-state index is 11.7. The van der Waals surface area contributed by atoms with E-state index in [9.17, 15) is 19.2 Å². The molecule has 6 N–H and O–H groups in total. The van der Waals surface area contributed by atoms with Gasteiger partial charge in [-0.2, -0.15) is 12.0 Å². The second-order valence-corrected chi connectivity index (χ2v) is 10.0. The van der Waals surface area contributed by atoms with E-state index < -0.39 is 35.8 Å². The summed E-state index contributed by atoms with van der Waals surface area (Å²) in [6.07, 6.45) is 9.94. The van der Waals surface area contributed by atoms with Crippen LogP contribution in [-0.4, -0.2) is 71.1 Å². The van der Waals surface area contributed by atoms with E-state index in [2.05, 4.69) is 17.6 Å². The van der Waals surface area contributed by atoms with Crippen LogP contribution < -0.4 is 11.5 Å². The number of amides is 1. The molecule has 0 heterocycles. The Morgan fingerprint density at radius 2 is 1.50 bits per heavy atom. The summed E-state index contributed by atoms with van der Waals surface area (Å²) in [6.45, 7) is 8.55. The monoisotopic (exact) mass is 900 g/mol. The third-order valence-corrected chi connectivity index (χ3v) is 6.61. The van der Waals surface area contributed by atoms with Crippen molar-refractivity contribution in [2.24, 2.45) is 17.1 Å². The van der Waals surface area contributed by atoms with E-state index in [1.807, 2.05) is 6.92 Å². The number of rotatable bonds is 9. The van der Waals surface area contributed by atoms with Gasteiger partial charge in [0.15, 0.2) is 0 Å². The average molecular weight is 901 g/mol. The molecule has 2 aliphatic carbocycles. The molecule has 0 spiro atoms. The fraction of sp³-hybridized carbons (Fsp3) is 0.800. The van der Waals surface area contributed by atoms with Gasteiger partial charge >= 0.3 is 0 Å². The van der Waals surface area contributed by atoms with Gasteiger partial charge in [-0.3, -0.25) is 15.3 Å². The Hall–Kier alpha value is -0.703. The van der Waals surface area contributed by atoms with Gasteiger partial charge in [-0.15, -0.1) is 6.54 Å². The number of nitrogens with two attached hydrogens (primary N) is 1. The minimum absolute atomic E-state index is 0. The van der Waals surface area contributed by atoms with Crippen LogP contribution in [0, 0.1) is 18.3 Å². The standard InChI is InChI=1S/C12H19N2O6.C7H13N.C6H13N2.2Pt/c1-4-12(2,3)7(15)5-13-6-8(16)14-9(10(17)18)11(19)20;1-6-4-2-3-5-7(6)8;7-5-3-1-2-4-6(5)8;;/h9H,4-6H2,1-3H3,(H3,14,16,17,18,19,20);6-8H,1-5H2;5-7H,1-4,8H2;;/q-1;-2;;;/p-1/t;6-,7-;5-,6-;;/m.11../s1. The number of Topliss-reactive ketones (excluding diaryl/α,β-unsaturated/α-hetero) is 1. The molecule has 0 aromatic heterocycles. The number of nitrogens with zero attached hydrogens (tertiary/aromatic N) is 2. The van der Waals surface area contributed by atoms with Gasteiger partial charge in [-0.25, -0.2) is 0 Å². The summed E-state index contributed by atoms with van der Waals surface area (Å²) < 4.78 is 0. The maximum Gasteiger partial charge on any atom is 0.299 e. The fourth-order valence-corrected chi connectivity index (χ4v) is 3.43. The molecule has 11 nitrogen and oxygen atoms in total. The van der Waals surface area contributed by atoms with Crippen molar-refractivity contribution in [3.8, 4) is 0 Å². The van der Waals surface area contributed by atoms with Gasteiger partial charge in [-0.05, 0) is 19.3 Å². The zero-order chi connectivity index (χ0) is 27.9. The van der Waals surface area contributed by atoms with Crippen LogP contribution >= 0.6 is 0 Å². The van der Waals surface area contributed by atoms with Crippen LogP contribution in [0.15, 0.2) is 0 Å². The number of hydrogen-bond donors (Lipinski definition) is 3. The molecule has 2 fully saturated rings. The number of carboxylic acids is 2. The van der Waals surface area contributed by atoms with Crippen LogP contribution in [0.1, 0.15) is 78.6 Å². The van der Waals surface area contributed by atoms with Crippen LogP contribution in [0.5, 0.6) is 0 Å². The van der Waals surface area contributed by atoms with Crippen LogP contribution in [0.3, 0.4) is 0 Å². The minimum Gasteiger partial charge on any atom is -0.677 e. The normalized spacial score (nSPS) is 22.6. The first-order valence-electron chi connectivity index (χ1n) is 12.6. The van der Waals surface area contributed by atoms with Crippen molar-refractivity contribution in [3.63, 3.8) is 0 Å². The molecular formula is C25H44N5O6Pt2-4. The van der Waals surface area contributed by atoms with E-state index >= 15 is 0 Å². The molecule has 2 aliphatic rings. The molecule has 0 saturated heterocycles. The van der Waals surface area contributed by atoms with Gasteiger partial charge in [0, 0.05) is 65.5 Å². The first-order chi connectivity index (χ1) is 16.7. The Morgan fingerprint density at radius 3 is 1.87 bits per heavy atom. The largest absolute Gasteiger partial charge is 0.677 e. The third kappa shape index (κ3) is 17.8. The molecule has 2 rings (SSSR count). The van der Waals surface area contributed by atoms with E-state index in [-0.39, 0.29) is 72.6 Å². The molecule has 0 aromatic carbocycles. The van der Waals surface area contributed by atoms with Gasteiger partial charge in [-0.1, -0.05) is 65.8 Å². The molecule has 229 valence electrons. The Kier molecular flexibility index (Phi) is 24.2. The van der Waals surface area contributed by atoms with Crippen molar-refractivity contribution >= 4 is 23.6 Å². The number of nitrogens with one attached hydrogen (secondary N) is 2. The molecule has 0 aliphatic heterocycles. The van der Waals surface area contributed by atoms with E-state index in [0.717, 1.165) is 19.3 Å². The summed E-state index contributed by atoms with van der Waals surface area (Å²) in [5.41, 5.74) is 19.8. The van der Waals surface area contributed by atoms with Gasteiger partial charge in [0.1, 0.15) is 5.78 Å². The van der Waals surface area contributed by atoms with Crippen molar-refractivity contribution in [2.45, 2.75) is 103 Å².